The first-order valence-electron chi connectivity index (χ1n) is 5.13. The van der Waals surface area contributed by atoms with Crippen LogP contribution in [0.15, 0.2) is 18.2 Å². The monoisotopic (exact) mass is 223 g/mol. The third kappa shape index (κ3) is 3.13. The highest BCUT2D eigenvalue weighted by atomic mass is 16.5. The number of anilines is 1. The largest absolute Gasteiger partial charge is 0.495 e. The van der Waals surface area contributed by atoms with E-state index in [4.69, 9.17) is 10.5 Å². The van der Waals surface area contributed by atoms with Gasteiger partial charge in [0.05, 0.1) is 12.8 Å². The van der Waals surface area contributed by atoms with Crippen molar-refractivity contribution >= 4 is 11.7 Å². The molecule has 0 aliphatic rings. The van der Waals surface area contributed by atoms with Crippen LogP contribution < -0.4 is 21.1 Å². The van der Waals surface area contributed by atoms with Crippen molar-refractivity contribution < 1.29 is 9.53 Å². The zero-order valence-electron chi connectivity index (χ0n) is 9.54. The molecule has 0 aliphatic carbocycles. The first-order valence-corrected chi connectivity index (χ1v) is 5.13. The fourth-order valence-electron chi connectivity index (χ4n) is 1.29. The van der Waals surface area contributed by atoms with E-state index >= 15 is 0 Å². The van der Waals surface area contributed by atoms with E-state index in [0.29, 0.717) is 24.5 Å². The standard InChI is InChI=1S/C11H17N3O2/c1-3-13-11(15)14-9-5-4-8(7-12)6-10(9)16-2/h4-6H,3,7,12H2,1-2H3,(H2,13,14,15). The quantitative estimate of drug-likeness (QED) is 0.720. The summed E-state index contributed by atoms with van der Waals surface area (Å²) in [6, 6.07) is 5.18. The average Bonchev–Trinajstić information content (AvgIpc) is 2.30. The first-order chi connectivity index (χ1) is 7.71. The maximum atomic E-state index is 11.3. The molecule has 5 heteroatoms. The van der Waals surface area contributed by atoms with E-state index in [-0.39, 0.29) is 6.03 Å². The van der Waals surface area contributed by atoms with Crippen LogP contribution in [-0.4, -0.2) is 19.7 Å². The molecule has 0 saturated carbocycles. The smallest absolute Gasteiger partial charge is 0.319 e. The molecule has 1 aromatic carbocycles. The molecule has 1 aromatic rings. The van der Waals surface area contributed by atoms with E-state index in [1.54, 1.807) is 13.2 Å². The lowest BCUT2D eigenvalue weighted by atomic mass is 10.2. The van der Waals surface area contributed by atoms with Gasteiger partial charge in [0.2, 0.25) is 0 Å². The number of hydrogen-bond acceptors (Lipinski definition) is 3. The summed E-state index contributed by atoms with van der Waals surface area (Å²) in [6.45, 7) is 2.88. The first kappa shape index (κ1) is 12.3. The molecule has 0 aromatic heterocycles. The molecule has 4 N–H and O–H groups in total. The Morgan fingerprint density at radius 2 is 2.25 bits per heavy atom. The van der Waals surface area contributed by atoms with Gasteiger partial charge in [0.1, 0.15) is 5.75 Å². The Balaban J connectivity index is 2.83. The summed E-state index contributed by atoms with van der Waals surface area (Å²) < 4.78 is 5.17. The molecule has 5 nitrogen and oxygen atoms in total. The van der Waals surface area contributed by atoms with Crippen molar-refractivity contribution in [1.29, 1.82) is 0 Å². The lowest BCUT2D eigenvalue weighted by Crippen LogP contribution is -2.28. The Morgan fingerprint density at radius 3 is 2.81 bits per heavy atom. The number of carbonyl (C=O) groups is 1. The molecule has 0 fully saturated rings. The highest BCUT2D eigenvalue weighted by molar-refractivity contribution is 5.90. The van der Waals surface area contributed by atoms with Crippen LogP contribution in [-0.2, 0) is 6.54 Å². The van der Waals surface area contributed by atoms with Crippen LogP contribution in [0.3, 0.4) is 0 Å². The fraction of sp³-hybridized carbons (Fsp3) is 0.364. The second-order valence-corrected chi connectivity index (χ2v) is 3.22. The number of rotatable bonds is 4. The lowest BCUT2D eigenvalue weighted by Gasteiger charge is -2.11. The molecule has 1 rings (SSSR count). The Kier molecular flexibility index (Phi) is 4.60. The van der Waals surface area contributed by atoms with Crippen molar-refractivity contribution in [1.82, 2.24) is 5.32 Å². The van der Waals surface area contributed by atoms with Gasteiger partial charge >= 0.3 is 6.03 Å². The highest BCUT2D eigenvalue weighted by Gasteiger charge is 2.06. The number of urea groups is 1. The minimum absolute atomic E-state index is 0.249. The second-order valence-electron chi connectivity index (χ2n) is 3.22. The van der Waals surface area contributed by atoms with Gasteiger partial charge in [-0.05, 0) is 24.6 Å². The predicted octanol–water partition coefficient (Wildman–Crippen LogP) is 1.30. The molecular weight excluding hydrogens is 206 g/mol. The van der Waals surface area contributed by atoms with E-state index in [1.165, 1.54) is 0 Å². The maximum absolute atomic E-state index is 11.3. The van der Waals surface area contributed by atoms with E-state index < -0.39 is 0 Å². The zero-order valence-corrected chi connectivity index (χ0v) is 9.54. The predicted molar refractivity (Wildman–Crippen MR) is 63.6 cm³/mol. The Labute approximate surface area is 95.0 Å². The van der Waals surface area contributed by atoms with Crippen LogP contribution in [0.2, 0.25) is 0 Å². The second kappa shape index (κ2) is 5.97. The average molecular weight is 223 g/mol. The molecular formula is C11H17N3O2. The molecule has 0 spiro atoms. The molecule has 0 radical (unpaired) electrons. The van der Waals surface area contributed by atoms with Gasteiger partial charge in [-0.2, -0.15) is 0 Å². The summed E-state index contributed by atoms with van der Waals surface area (Å²) in [5, 5.41) is 5.34. The van der Waals surface area contributed by atoms with Crippen LogP contribution in [0.1, 0.15) is 12.5 Å². The van der Waals surface area contributed by atoms with Gasteiger partial charge in [-0.3, -0.25) is 0 Å². The molecule has 0 bridgehead atoms. The molecule has 0 saturated heterocycles. The SMILES string of the molecule is CCNC(=O)Nc1ccc(CN)cc1OC. The number of benzene rings is 1. The Hall–Kier alpha value is -1.75. The van der Waals surface area contributed by atoms with Crippen LogP contribution >= 0.6 is 0 Å². The fourth-order valence-corrected chi connectivity index (χ4v) is 1.29. The van der Waals surface area contributed by atoms with Crippen molar-refractivity contribution in [3.05, 3.63) is 23.8 Å². The van der Waals surface area contributed by atoms with Crippen LogP contribution in [0, 0.1) is 0 Å². The number of nitrogens with two attached hydrogens (primary N) is 1. The Morgan fingerprint density at radius 1 is 1.50 bits per heavy atom. The van der Waals surface area contributed by atoms with E-state index in [1.807, 2.05) is 19.1 Å². The zero-order chi connectivity index (χ0) is 12.0. The van der Waals surface area contributed by atoms with E-state index in [9.17, 15) is 4.79 Å². The van der Waals surface area contributed by atoms with Gasteiger partial charge in [0.15, 0.2) is 0 Å². The number of ether oxygens (including phenoxy) is 1. The number of amides is 2. The minimum atomic E-state index is -0.249. The van der Waals surface area contributed by atoms with Crippen molar-refractivity contribution in [2.24, 2.45) is 5.73 Å². The molecule has 0 heterocycles. The molecule has 0 atom stereocenters. The van der Waals surface area contributed by atoms with Gasteiger partial charge in [-0.15, -0.1) is 0 Å². The van der Waals surface area contributed by atoms with Crippen molar-refractivity contribution in [2.45, 2.75) is 13.5 Å². The summed E-state index contributed by atoms with van der Waals surface area (Å²) in [7, 11) is 1.55. The summed E-state index contributed by atoms with van der Waals surface area (Å²) in [4.78, 5) is 11.3. The topological polar surface area (TPSA) is 76.4 Å². The Bertz CT molecular complexity index is 366. The van der Waals surface area contributed by atoms with E-state index in [2.05, 4.69) is 10.6 Å². The van der Waals surface area contributed by atoms with Gasteiger partial charge in [-0.25, -0.2) is 4.79 Å². The normalized spacial score (nSPS) is 9.69. The summed E-state index contributed by atoms with van der Waals surface area (Å²) in [6.07, 6.45) is 0. The third-order valence-electron chi connectivity index (χ3n) is 2.09. The number of hydrogen-bond donors (Lipinski definition) is 3. The van der Waals surface area contributed by atoms with Crippen molar-refractivity contribution in [2.75, 3.05) is 19.0 Å². The van der Waals surface area contributed by atoms with E-state index in [0.717, 1.165) is 5.56 Å². The summed E-state index contributed by atoms with van der Waals surface area (Å²) >= 11 is 0. The highest BCUT2D eigenvalue weighted by Crippen LogP contribution is 2.25. The van der Waals surface area contributed by atoms with Crippen LogP contribution in [0.5, 0.6) is 5.75 Å². The van der Waals surface area contributed by atoms with Crippen molar-refractivity contribution in [3.8, 4) is 5.75 Å². The summed E-state index contributed by atoms with van der Waals surface area (Å²) in [5.41, 5.74) is 7.10. The van der Waals surface area contributed by atoms with Gasteiger partial charge in [0.25, 0.3) is 0 Å². The maximum Gasteiger partial charge on any atom is 0.319 e. The number of carbonyl (C=O) groups excluding carboxylic acids is 1. The third-order valence-corrected chi connectivity index (χ3v) is 2.09. The van der Waals surface area contributed by atoms with Crippen LogP contribution in [0.4, 0.5) is 10.5 Å². The number of methoxy groups -OCH3 is 1. The lowest BCUT2D eigenvalue weighted by molar-refractivity contribution is 0.252. The molecule has 0 unspecified atom stereocenters. The summed E-state index contributed by atoms with van der Waals surface area (Å²) in [5.74, 6) is 0.606. The molecule has 2 amide bonds. The van der Waals surface area contributed by atoms with Crippen molar-refractivity contribution in [3.63, 3.8) is 0 Å². The van der Waals surface area contributed by atoms with Gasteiger partial charge < -0.3 is 21.1 Å². The number of nitrogens with one attached hydrogen (secondary N) is 2. The van der Waals surface area contributed by atoms with Gasteiger partial charge in [-0.1, -0.05) is 6.07 Å². The molecule has 0 aliphatic heterocycles. The molecule has 88 valence electrons. The van der Waals surface area contributed by atoms with Gasteiger partial charge in [0, 0.05) is 13.1 Å². The minimum Gasteiger partial charge on any atom is -0.495 e. The molecule has 16 heavy (non-hydrogen) atoms. The van der Waals surface area contributed by atoms with Crippen LogP contribution in [0.25, 0.3) is 0 Å².